The Hall–Kier alpha value is -2.15. The molecule has 0 aliphatic carbocycles. The normalized spacial score (nSPS) is 11.4. The second-order valence-electron chi connectivity index (χ2n) is 3.91. The molecule has 0 N–H and O–H groups in total. The van der Waals surface area contributed by atoms with Crippen molar-refractivity contribution < 1.29 is 4.74 Å². The summed E-state index contributed by atoms with van der Waals surface area (Å²) in [6, 6.07) is 9.70. The maximum Gasteiger partial charge on any atom is 0.221 e. The minimum Gasteiger partial charge on any atom is -0.443 e. The van der Waals surface area contributed by atoms with Crippen molar-refractivity contribution in [3.05, 3.63) is 48.2 Å². The molecule has 0 unspecified atom stereocenters. The van der Waals surface area contributed by atoms with E-state index in [0.29, 0.717) is 22.6 Å². The van der Waals surface area contributed by atoms with Gasteiger partial charge < -0.3 is 4.74 Å². The van der Waals surface area contributed by atoms with Gasteiger partial charge in [0.05, 0.1) is 5.75 Å². The first-order valence-electron chi connectivity index (χ1n) is 5.93. The van der Waals surface area contributed by atoms with E-state index in [0.717, 1.165) is 5.56 Å². The molecule has 0 radical (unpaired) electrons. The van der Waals surface area contributed by atoms with Gasteiger partial charge in [0.25, 0.3) is 0 Å². The van der Waals surface area contributed by atoms with E-state index in [1.165, 1.54) is 11.8 Å². The van der Waals surface area contributed by atoms with E-state index in [9.17, 15) is 0 Å². The number of nitrogens with zero attached hydrogens (tertiary/aromatic N) is 5. The third-order valence-electron chi connectivity index (χ3n) is 2.41. The molecule has 1 aromatic heterocycles. The summed E-state index contributed by atoms with van der Waals surface area (Å²) in [6.07, 6.45) is 0. The van der Waals surface area contributed by atoms with Gasteiger partial charge in [-0.2, -0.15) is 0 Å². The van der Waals surface area contributed by atoms with Gasteiger partial charge in [0.1, 0.15) is 5.76 Å². The highest BCUT2D eigenvalue weighted by molar-refractivity contribution is 7.99. The van der Waals surface area contributed by atoms with Crippen molar-refractivity contribution in [3.8, 4) is 0 Å². The van der Waals surface area contributed by atoms with Crippen LogP contribution in [0.25, 0.3) is 0 Å². The molecule has 0 aliphatic heterocycles. The lowest BCUT2D eigenvalue weighted by molar-refractivity contribution is 0.423. The molecule has 0 spiro atoms. The van der Waals surface area contributed by atoms with Crippen LogP contribution in [-0.4, -0.2) is 38.9 Å². The highest BCUT2D eigenvalue weighted by Gasteiger charge is 2.08. The minimum atomic E-state index is 0.548. The van der Waals surface area contributed by atoms with Crippen LogP contribution in [-0.2, 0) is 11.8 Å². The van der Waals surface area contributed by atoms with Crippen molar-refractivity contribution in [2.24, 2.45) is 12.0 Å². The van der Waals surface area contributed by atoms with E-state index in [1.54, 1.807) is 18.8 Å². The topological polar surface area (TPSA) is 65.2 Å². The Morgan fingerprint density at radius 1 is 1.40 bits per heavy atom. The number of aromatic nitrogens is 4. The average Bonchev–Trinajstić information content (AvgIpc) is 2.89. The maximum absolute atomic E-state index is 5.68. The molecule has 0 fully saturated rings. The lowest BCUT2D eigenvalue weighted by Crippen LogP contribution is -2.07. The number of tetrazole rings is 1. The molecule has 0 saturated carbocycles. The first kappa shape index (κ1) is 14.3. The van der Waals surface area contributed by atoms with Crippen LogP contribution >= 0.6 is 11.8 Å². The van der Waals surface area contributed by atoms with Crippen LogP contribution in [0, 0.1) is 0 Å². The summed E-state index contributed by atoms with van der Waals surface area (Å²) in [4.78, 5) is 4.14. The molecule has 6 nitrogen and oxygen atoms in total. The van der Waals surface area contributed by atoms with Crippen LogP contribution in [0.2, 0.25) is 0 Å². The summed E-state index contributed by atoms with van der Waals surface area (Å²) in [5.41, 5.74) is 0.918. The third-order valence-corrected chi connectivity index (χ3v) is 3.48. The molecule has 7 heteroatoms. The standard InChI is InChI=1S/C13H15N5OS/c1-10(9-20-13-15-16-17-18(13)3)19-12(14-2)11-7-5-4-6-8-11/h4-8H,1,9H2,2-3H3. The highest BCUT2D eigenvalue weighted by atomic mass is 32.2. The van der Waals surface area contributed by atoms with Gasteiger partial charge in [0.2, 0.25) is 11.1 Å². The highest BCUT2D eigenvalue weighted by Crippen LogP contribution is 2.17. The molecular formula is C13H15N5OS. The quantitative estimate of drug-likeness (QED) is 0.364. The zero-order valence-electron chi connectivity index (χ0n) is 11.4. The van der Waals surface area contributed by atoms with Gasteiger partial charge in [-0.05, 0) is 22.6 Å². The van der Waals surface area contributed by atoms with E-state index in [2.05, 4.69) is 27.1 Å². The first-order valence-corrected chi connectivity index (χ1v) is 6.92. The van der Waals surface area contributed by atoms with Crippen LogP contribution in [0.5, 0.6) is 0 Å². The van der Waals surface area contributed by atoms with Gasteiger partial charge >= 0.3 is 0 Å². The number of aryl methyl sites for hydroxylation is 1. The molecule has 0 bridgehead atoms. The average molecular weight is 289 g/mol. The number of ether oxygens (including phenoxy) is 1. The van der Waals surface area contributed by atoms with Crippen LogP contribution in [0.1, 0.15) is 5.56 Å². The van der Waals surface area contributed by atoms with Crippen molar-refractivity contribution in [3.63, 3.8) is 0 Å². The zero-order valence-corrected chi connectivity index (χ0v) is 12.2. The largest absolute Gasteiger partial charge is 0.443 e. The van der Waals surface area contributed by atoms with E-state index < -0.39 is 0 Å². The fourth-order valence-corrected chi connectivity index (χ4v) is 2.14. The third kappa shape index (κ3) is 3.67. The van der Waals surface area contributed by atoms with Gasteiger partial charge in [0, 0.05) is 19.7 Å². The molecule has 0 amide bonds. The summed E-state index contributed by atoms with van der Waals surface area (Å²) < 4.78 is 7.28. The zero-order chi connectivity index (χ0) is 14.4. The Morgan fingerprint density at radius 2 is 2.15 bits per heavy atom. The maximum atomic E-state index is 5.68. The van der Waals surface area contributed by atoms with Crippen molar-refractivity contribution >= 4 is 17.7 Å². The van der Waals surface area contributed by atoms with Crippen molar-refractivity contribution in [1.82, 2.24) is 20.2 Å². The monoisotopic (exact) mass is 289 g/mol. The Bertz CT molecular complexity index is 608. The number of thioether (sulfide) groups is 1. The van der Waals surface area contributed by atoms with Crippen LogP contribution < -0.4 is 0 Å². The summed E-state index contributed by atoms with van der Waals surface area (Å²) in [5.74, 6) is 1.70. The molecule has 0 aliphatic rings. The van der Waals surface area contributed by atoms with Gasteiger partial charge in [-0.25, -0.2) is 4.68 Å². The molecular weight excluding hydrogens is 274 g/mol. The summed E-state index contributed by atoms with van der Waals surface area (Å²) >= 11 is 1.46. The van der Waals surface area contributed by atoms with E-state index in [1.807, 2.05) is 30.3 Å². The lowest BCUT2D eigenvalue weighted by atomic mass is 10.2. The van der Waals surface area contributed by atoms with Crippen LogP contribution in [0.3, 0.4) is 0 Å². The second-order valence-corrected chi connectivity index (χ2v) is 4.85. The van der Waals surface area contributed by atoms with Crippen molar-refractivity contribution in [1.29, 1.82) is 0 Å². The first-order chi connectivity index (χ1) is 9.70. The fraction of sp³-hybridized carbons (Fsp3) is 0.231. The van der Waals surface area contributed by atoms with E-state index in [4.69, 9.17) is 4.74 Å². The molecule has 20 heavy (non-hydrogen) atoms. The Kier molecular flexibility index (Phi) is 4.89. The second kappa shape index (κ2) is 6.85. The molecule has 1 heterocycles. The molecule has 1 aromatic carbocycles. The molecule has 2 aromatic rings. The summed E-state index contributed by atoms with van der Waals surface area (Å²) in [7, 11) is 3.48. The summed E-state index contributed by atoms with van der Waals surface area (Å²) in [6.45, 7) is 3.90. The lowest BCUT2D eigenvalue weighted by Gasteiger charge is -2.10. The van der Waals surface area contributed by atoms with Gasteiger partial charge in [-0.1, -0.05) is 36.5 Å². The Balaban J connectivity index is 1.92. The van der Waals surface area contributed by atoms with Crippen LogP contribution in [0.15, 0.2) is 52.8 Å². The predicted molar refractivity (Wildman–Crippen MR) is 78.7 cm³/mol. The molecule has 0 atom stereocenters. The van der Waals surface area contributed by atoms with Gasteiger partial charge in [-0.15, -0.1) is 5.10 Å². The van der Waals surface area contributed by atoms with Crippen LogP contribution in [0.4, 0.5) is 0 Å². The smallest absolute Gasteiger partial charge is 0.221 e. The summed E-state index contributed by atoms with van der Waals surface area (Å²) in [5, 5.41) is 11.9. The number of aliphatic imine (C=N–C) groups is 1. The number of hydrogen-bond donors (Lipinski definition) is 0. The van der Waals surface area contributed by atoms with E-state index in [-0.39, 0.29) is 0 Å². The van der Waals surface area contributed by atoms with Gasteiger partial charge in [0.15, 0.2) is 0 Å². The molecule has 2 rings (SSSR count). The van der Waals surface area contributed by atoms with Gasteiger partial charge in [-0.3, -0.25) is 4.99 Å². The minimum absolute atomic E-state index is 0.548. The van der Waals surface area contributed by atoms with E-state index >= 15 is 0 Å². The number of hydrogen-bond acceptors (Lipinski definition) is 6. The van der Waals surface area contributed by atoms with Crippen molar-refractivity contribution in [2.45, 2.75) is 5.16 Å². The molecule has 104 valence electrons. The Morgan fingerprint density at radius 3 is 2.75 bits per heavy atom. The molecule has 0 saturated heterocycles. The fourth-order valence-electron chi connectivity index (χ4n) is 1.47. The predicted octanol–water partition coefficient (Wildman–Crippen LogP) is 1.91. The number of benzene rings is 1. The SMILES string of the molecule is C=C(CSc1nnnn1C)OC(=NC)c1ccccc1. The van der Waals surface area contributed by atoms with Crippen molar-refractivity contribution in [2.75, 3.05) is 12.8 Å². The number of rotatable bonds is 5. The Labute approximate surface area is 121 Å².